The molecule has 2 rings (SSSR count). The highest BCUT2D eigenvalue weighted by atomic mass is 16.5. The Bertz CT molecular complexity index is 430. The maximum atomic E-state index is 11.8. The van der Waals surface area contributed by atoms with Gasteiger partial charge in [0.1, 0.15) is 0 Å². The Morgan fingerprint density at radius 3 is 2.67 bits per heavy atom. The van der Waals surface area contributed by atoms with Crippen molar-refractivity contribution in [3.63, 3.8) is 0 Å². The first-order valence-electron chi connectivity index (χ1n) is 6.20. The fourth-order valence-corrected chi connectivity index (χ4v) is 1.91. The Morgan fingerprint density at radius 1 is 1.28 bits per heavy atom. The van der Waals surface area contributed by atoms with Crippen molar-refractivity contribution in [1.29, 1.82) is 0 Å². The second kappa shape index (κ2) is 5.67. The maximum absolute atomic E-state index is 11.8. The van der Waals surface area contributed by atoms with Crippen molar-refractivity contribution in [2.45, 2.75) is 19.9 Å². The smallest absolute Gasteiger partial charge is 0.309 e. The lowest BCUT2D eigenvalue weighted by Crippen LogP contribution is -2.26. The van der Waals surface area contributed by atoms with Gasteiger partial charge in [-0.2, -0.15) is 0 Å². The normalized spacial score (nSPS) is 21.2. The van der Waals surface area contributed by atoms with Gasteiger partial charge in [0.25, 0.3) is 0 Å². The van der Waals surface area contributed by atoms with Gasteiger partial charge in [-0.25, -0.2) is 0 Å². The van der Waals surface area contributed by atoms with Gasteiger partial charge in [-0.05, 0) is 18.9 Å². The molecule has 0 bridgehead atoms. The minimum Gasteiger partial charge on any atom is -0.466 e. The molecule has 1 saturated carbocycles. The van der Waals surface area contributed by atoms with E-state index in [4.69, 9.17) is 4.74 Å². The molecule has 1 aliphatic carbocycles. The zero-order valence-corrected chi connectivity index (χ0v) is 10.4. The van der Waals surface area contributed by atoms with Gasteiger partial charge < -0.3 is 10.1 Å². The number of esters is 1. The van der Waals surface area contributed by atoms with Crippen molar-refractivity contribution in [2.24, 2.45) is 11.8 Å². The number of nitrogens with one attached hydrogen (secondary N) is 1. The van der Waals surface area contributed by atoms with E-state index < -0.39 is 0 Å². The van der Waals surface area contributed by atoms with Crippen LogP contribution >= 0.6 is 0 Å². The van der Waals surface area contributed by atoms with Crippen LogP contribution in [0.5, 0.6) is 0 Å². The molecule has 0 radical (unpaired) electrons. The number of carbonyl (C=O) groups excluding carboxylic acids is 2. The summed E-state index contributed by atoms with van der Waals surface area (Å²) in [5.41, 5.74) is 1.05. The third-order valence-electron chi connectivity index (χ3n) is 3.03. The van der Waals surface area contributed by atoms with E-state index in [1.165, 1.54) is 0 Å². The molecule has 0 unspecified atom stereocenters. The lowest BCUT2D eigenvalue weighted by molar-refractivity contribution is -0.146. The average Bonchev–Trinajstić information content (AvgIpc) is 3.18. The van der Waals surface area contributed by atoms with Crippen molar-refractivity contribution in [3.05, 3.63) is 35.9 Å². The number of amides is 1. The van der Waals surface area contributed by atoms with Gasteiger partial charge in [-0.1, -0.05) is 30.3 Å². The molecule has 1 amide bonds. The number of rotatable bonds is 5. The van der Waals surface area contributed by atoms with Crippen molar-refractivity contribution in [2.75, 3.05) is 6.61 Å². The molecule has 0 aliphatic heterocycles. The molecule has 1 N–H and O–H groups in total. The average molecular weight is 247 g/mol. The summed E-state index contributed by atoms with van der Waals surface area (Å²) in [6, 6.07) is 9.70. The minimum atomic E-state index is -0.252. The van der Waals surface area contributed by atoms with Crippen LogP contribution < -0.4 is 5.32 Å². The zero-order chi connectivity index (χ0) is 13.0. The summed E-state index contributed by atoms with van der Waals surface area (Å²) in [6.07, 6.45) is 0.611. The highest BCUT2D eigenvalue weighted by Gasteiger charge is 2.48. The molecule has 96 valence electrons. The van der Waals surface area contributed by atoms with Crippen molar-refractivity contribution < 1.29 is 14.3 Å². The molecule has 4 nitrogen and oxygen atoms in total. The molecule has 0 saturated heterocycles. The third kappa shape index (κ3) is 3.09. The van der Waals surface area contributed by atoms with E-state index in [2.05, 4.69) is 5.32 Å². The minimum absolute atomic E-state index is 0.0584. The van der Waals surface area contributed by atoms with E-state index >= 15 is 0 Å². The molecule has 1 fully saturated rings. The van der Waals surface area contributed by atoms with Crippen LogP contribution in [-0.4, -0.2) is 18.5 Å². The molecule has 1 aromatic rings. The predicted molar refractivity (Wildman–Crippen MR) is 66.5 cm³/mol. The highest BCUT2D eigenvalue weighted by molar-refractivity contribution is 5.90. The molecule has 2 atom stereocenters. The summed E-state index contributed by atoms with van der Waals surface area (Å²) in [5, 5.41) is 2.84. The van der Waals surface area contributed by atoms with Crippen LogP contribution in [0.4, 0.5) is 0 Å². The molecular weight excluding hydrogens is 230 g/mol. The van der Waals surface area contributed by atoms with Crippen LogP contribution in [0, 0.1) is 11.8 Å². The lowest BCUT2D eigenvalue weighted by atomic mass is 10.2. The SMILES string of the molecule is CCOC(=O)[C@@H]1C[C@H]1C(=O)NCc1ccccc1. The Labute approximate surface area is 106 Å². The Hall–Kier alpha value is -1.84. The predicted octanol–water partition coefficient (Wildman–Crippen LogP) is 1.50. The second-order valence-electron chi connectivity index (χ2n) is 4.40. The molecule has 1 aromatic carbocycles. The highest BCUT2D eigenvalue weighted by Crippen LogP contribution is 2.39. The summed E-state index contributed by atoms with van der Waals surface area (Å²) in [4.78, 5) is 23.2. The van der Waals surface area contributed by atoms with Crippen molar-refractivity contribution >= 4 is 11.9 Å². The van der Waals surface area contributed by atoms with Crippen LogP contribution in [0.1, 0.15) is 18.9 Å². The first-order valence-corrected chi connectivity index (χ1v) is 6.20. The number of hydrogen-bond acceptors (Lipinski definition) is 3. The van der Waals surface area contributed by atoms with Crippen LogP contribution in [0.25, 0.3) is 0 Å². The molecule has 0 aromatic heterocycles. The van der Waals surface area contributed by atoms with E-state index in [1.807, 2.05) is 30.3 Å². The first kappa shape index (κ1) is 12.6. The van der Waals surface area contributed by atoms with E-state index in [1.54, 1.807) is 6.92 Å². The molecule has 0 heterocycles. The molecule has 1 aliphatic rings. The Morgan fingerprint density at radius 2 is 2.00 bits per heavy atom. The molecule has 18 heavy (non-hydrogen) atoms. The van der Waals surface area contributed by atoms with Gasteiger partial charge in [-0.3, -0.25) is 9.59 Å². The van der Waals surface area contributed by atoms with E-state index in [0.29, 0.717) is 19.6 Å². The number of carbonyl (C=O) groups is 2. The first-order chi connectivity index (χ1) is 8.72. The molecule has 0 spiro atoms. The van der Waals surface area contributed by atoms with Crippen LogP contribution in [0.15, 0.2) is 30.3 Å². The summed E-state index contributed by atoms with van der Waals surface area (Å²) in [6.45, 7) is 2.64. The zero-order valence-electron chi connectivity index (χ0n) is 10.4. The van der Waals surface area contributed by atoms with Crippen LogP contribution in [0.2, 0.25) is 0 Å². The standard InChI is InChI=1S/C14H17NO3/c1-2-18-14(17)12-8-11(12)13(16)15-9-10-6-4-3-5-7-10/h3-7,11-12H,2,8-9H2,1H3,(H,15,16)/t11-,12-/m1/s1. The fourth-order valence-electron chi connectivity index (χ4n) is 1.91. The molecule has 4 heteroatoms. The Kier molecular flexibility index (Phi) is 3.97. The summed E-state index contributed by atoms with van der Waals surface area (Å²) in [7, 11) is 0. The van der Waals surface area contributed by atoms with Crippen molar-refractivity contribution in [3.8, 4) is 0 Å². The summed E-state index contributed by atoms with van der Waals surface area (Å²) < 4.78 is 4.89. The van der Waals surface area contributed by atoms with Gasteiger partial charge in [0.2, 0.25) is 5.91 Å². The Balaban J connectivity index is 1.76. The van der Waals surface area contributed by atoms with Crippen LogP contribution in [0.3, 0.4) is 0 Å². The molecular formula is C14H17NO3. The fraction of sp³-hybridized carbons (Fsp3) is 0.429. The van der Waals surface area contributed by atoms with E-state index in [9.17, 15) is 9.59 Å². The number of benzene rings is 1. The van der Waals surface area contributed by atoms with Crippen molar-refractivity contribution in [1.82, 2.24) is 5.32 Å². The summed E-state index contributed by atoms with van der Waals surface area (Å²) >= 11 is 0. The van der Waals surface area contributed by atoms with Crippen LogP contribution in [-0.2, 0) is 20.9 Å². The maximum Gasteiger partial charge on any atom is 0.309 e. The number of ether oxygens (including phenoxy) is 1. The van der Waals surface area contributed by atoms with Gasteiger partial charge >= 0.3 is 5.97 Å². The van der Waals surface area contributed by atoms with Gasteiger partial charge in [0.15, 0.2) is 0 Å². The van der Waals surface area contributed by atoms with E-state index in [0.717, 1.165) is 5.56 Å². The lowest BCUT2D eigenvalue weighted by Gasteiger charge is -2.05. The van der Waals surface area contributed by atoms with E-state index in [-0.39, 0.29) is 23.7 Å². The monoisotopic (exact) mass is 247 g/mol. The number of hydrogen-bond donors (Lipinski definition) is 1. The third-order valence-corrected chi connectivity index (χ3v) is 3.03. The largest absolute Gasteiger partial charge is 0.466 e. The second-order valence-corrected chi connectivity index (χ2v) is 4.40. The quantitative estimate of drug-likeness (QED) is 0.802. The van der Waals surface area contributed by atoms with Gasteiger partial charge in [0, 0.05) is 6.54 Å². The topological polar surface area (TPSA) is 55.4 Å². The van der Waals surface area contributed by atoms with Gasteiger partial charge in [-0.15, -0.1) is 0 Å². The summed E-state index contributed by atoms with van der Waals surface area (Å²) in [5.74, 6) is -0.747. The van der Waals surface area contributed by atoms with Gasteiger partial charge in [0.05, 0.1) is 18.4 Å².